The van der Waals surface area contributed by atoms with Crippen LogP contribution in [0.15, 0.2) is 30.3 Å². The molecule has 1 aromatic carbocycles. The molecule has 4 aliphatic carbocycles. The zero-order valence-corrected chi connectivity index (χ0v) is 14.8. The van der Waals surface area contributed by atoms with Crippen molar-refractivity contribution < 1.29 is 9.63 Å². The molecule has 0 aromatic heterocycles. The van der Waals surface area contributed by atoms with E-state index in [4.69, 9.17) is 10.6 Å². The van der Waals surface area contributed by atoms with Crippen LogP contribution in [0.3, 0.4) is 0 Å². The third kappa shape index (κ3) is 2.34. The van der Waals surface area contributed by atoms with Crippen molar-refractivity contribution in [3.63, 3.8) is 0 Å². The minimum absolute atomic E-state index is 0.0636. The van der Waals surface area contributed by atoms with Gasteiger partial charge in [-0.1, -0.05) is 23.8 Å². The molecule has 25 heavy (non-hydrogen) atoms. The second kappa shape index (κ2) is 5.34. The largest absolute Gasteiger partial charge is 0.405 e. The number of hydrogen-bond acceptors (Lipinski definition) is 3. The van der Waals surface area contributed by atoms with Gasteiger partial charge in [-0.2, -0.15) is 0 Å². The Hall–Kier alpha value is -1.81. The molecule has 1 aromatic rings. The number of amides is 1. The highest BCUT2D eigenvalue weighted by atomic mass is 16.7. The van der Waals surface area contributed by atoms with Gasteiger partial charge in [0.25, 0.3) is 0 Å². The van der Waals surface area contributed by atoms with Crippen molar-refractivity contribution in [2.24, 2.45) is 28.9 Å². The van der Waals surface area contributed by atoms with Gasteiger partial charge in [-0.15, -0.1) is 5.06 Å². The molecule has 4 bridgehead atoms. The van der Waals surface area contributed by atoms with E-state index >= 15 is 0 Å². The Kier molecular flexibility index (Phi) is 3.30. The first-order chi connectivity index (χ1) is 12.0. The highest BCUT2D eigenvalue weighted by Gasteiger charge is 2.59. The van der Waals surface area contributed by atoms with Crippen LogP contribution in [0.5, 0.6) is 0 Å². The van der Waals surface area contributed by atoms with Crippen LogP contribution >= 0.6 is 0 Å². The van der Waals surface area contributed by atoms with Gasteiger partial charge in [0.15, 0.2) is 5.76 Å². The van der Waals surface area contributed by atoms with E-state index in [9.17, 15) is 4.79 Å². The van der Waals surface area contributed by atoms with Crippen LogP contribution in [0.1, 0.15) is 43.2 Å². The minimum Gasteiger partial charge on any atom is -0.405 e. The lowest BCUT2D eigenvalue weighted by Gasteiger charge is -2.59. The number of carbonyl (C=O) groups excluding carboxylic acids is 1. The Morgan fingerprint density at radius 3 is 2.68 bits per heavy atom. The average Bonchev–Trinajstić information content (AvgIpc) is 3.03. The molecule has 2 atom stereocenters. The molecule has 0 spiro atoms. The summed E-state index contributed by atoms with van der Waals surface area (Å²) in [7, 11) is 0. The van der Waals surface area contributed by atoms with E-state index in [1.54, 1.807) is 0 Å². The van der Waals surface area contributed by atoms with Gasteiger partial charge >= 0.3 is 0 Å². The van der Waals surface area contributed by atoms with Crippen LogP contribution in [-0.2, 0) is 9.63 Å². The van der Waals surface area contributed by atoms with Gasteiger partial charge in [-0.25, -0.2) is 0 Å². The highest BCUT2D eigenvalue weighted by molar-refractivity contribution is 5.81. The molecule has 4 heteroatoms. The second-order valence-electron chi connectivity index (χ2n) is 8.73. The summed E-state index contributed by atoms with van der Waals surface area (Å²) < 4.78 is 0. The minimum atomic E-state index is -0.223. The molecular formula is C21H26N2O2. The monoisotopic (exact) mass is 338 g/mol. The van der Waals surface area contributed by atoms with Crippen LogP contribution in [0, 0.1) is 30.1 Å². The van der Waals surface area contributed by atoms with Crippen molar-refractivity contribution in [3.8, 4) is 0 Å². The highest BCUT2D eigenvalue weighted by Crippen LogP contribution is 2.61. The quantitative estimate of drug-likeness (QED) is 0.920. The van der Waals surface area contributed by atoms with Crippen molar-refractivity contribution >= 4 is 11.7 Å². The summed E-state index contributed by atoms with van der Waals surface area (Å²) in [5.74, 6) is 2.69. The van der Waals surface area contributed by atoms with E-state index in [-0.39, 0.29) is 11.3 Å². The van der Waals surface area contributed by atoms with Gasteiger partial charge in [-0.05, 0) is 68.9 Å². The van der Waals surface area contributed by atoms with Gasteiger partial charge < -0.3 is 10.6 Å². The maximum absolute atomic E-state index is 12.1. The number of hydroxylamine groups is 2. The number of carbonyl (C=O) groups is 1. The van der Waals surface area contributed by atoms with Gasteiger partial charge in [-0.3, -0.25) is 4.79 Å². The zero-order valence-electron chi connectivity index (χ0n) is 14.8. The number of nitrogens with zero attached hydrogens (tertiary/aromatic N) is 1. The predicted molar refractivity (Wildman–Crippen MR) is 95.9 cm³/mol. The van der Waals surface area contributed by atoms with Crippen molar-refractivity contribution in [2.75, 3.05) is 6.54 Å². The summed E-state index contributed by atoms with van der Waals surface area (Å²) >= 11 is 0. The summed E-state index contributed by atoms with van der Waals surface area (Å²) in [6.07, 6.45) is 7.60. The fraction of sp³-hybridized carbons (Fsp3) is 0.571. The van der Waals surface area contributed by atoms with Crippen LogP contribution in [-0.4, -0.2) is 23.6 Å². The molecule has 6 rings (SSSR count). The molecule has 1 aliphatic heterocycles. The molecule has 4 saturated carbocycles. The zero-order chi connectivity index (χ0) is 17.2. The lowest BCUT2D eigenvalue weighted by Crippen LogP contribution is -2.61. The van der Waals surface area contributed by atoms with Gasteiger partial charge in [0.1, 0.15) is 0 Å². The topological polar surface area (TPSA) is 55.6 Å². The molecule has 4 nitrogen and oxygen atoms in total. The van der Waals surface area contributed by atoms with Crippen LogP contribution in [0.25, 0.3) is 5.76 Å². The van der Waals surface area contributed by atoms with Gasteiger partial charge in [0.2, 0.25) is 5.91 Å². The molecule has 1 heterocycles. The Labute approximate surface area is 149 Å². The van der Waals surface area contributed by atoms with E-state index in [1.165, 1.54) is 18.4 Å². The first-order valence-corrected chi connectivity index (χ1v) is 9.56. The van der Waals surface area contributed by atoms with E-state index in [0.717, 1.165) is 37.1 Å². The van der Waals surface area contributed by atoms with Crippen molar-refractivity contribution in [1.29, 1.82) is 0 Å². The Bertz CT molecular complexity index is 740. The molecule has 5 aliphatic rings. The lowest BCUT2D eigenvalue weighted by molar-refractivity contribution is -0.197. The van der Waals surface area contributed by atoms with Crippen molar-refractivity contribution in [3.05, 3.63) is 41.5 Å². The molecule has 4 fully saturated rings. The van der Waals surface area contributed by atoms with Crippen molar-refractivity contribution in [2.45, 2.75) is 45.1 Å². The Balaban J connectivity index is 1.36. The van der Waals surface area contributed by atoms with E-state index in [1.807, 2.05) is 0 Å². The third-order valence-electron chi connectivity index (χ3n) is 7.05. The van der Waals surface area contributed by atoms with Crippen LogP contribution < -0.4 is 5.73 Å². The number of rotatable bonds is 3. The van der Waals surface area contributed by atoms with Crippen molar-refractivity contribution in [1.82, 2.24) is 5.06 Å². The third-order valence-corrected chi connectivity index (χ3v) is 7.05. The maximum Gasteiger partial charge on any atom is 0.223 e. The Morgan fingerprint density at radius 1 is 1.24 bits per heavy atom. The van der Waals surface area contributed by atoms with E-state index in [0.29, 0.717) is 23.8 Å². The molecular weight excluding hydrogens is 312 g/mol. The smallest absolute Gasteiger partial charge is 0.223 e. The molecule has 132 valence electrons. The summed E-state index contributed by atoms with van der Waals surface area (Å²) in [6, 6.07) is 8.91. The fourth-order valence-corrected chi connectivity index (χ4v) is 6.29. The summed E-state index contributed by atoms with van der Waals surface area (Å²) in [4.78, 5) is 18.4. The first-order valence-electron chi connectivity index (χ1n) is 9.56. The Morgan fingerprint density at radius 2 is 2.00 bits per heavy atom. The molecule has 0 saturated heterocycles. The SMILES string of the molecule is Cc1cccc(C2=CCN(C3C4CC5CC3CC(C(N)=O)(C5)C4)O2)c1. The molecule has 1 amide bonds. The number of aryl methyl sites for hydroxylation is 1. The number of primary amides is 1. The fourth-order valence-electron chi connectivity index (χ4n) is 6.29. The van der Waals surface area contributed by atoms with Crippen LogP contribution in [0.4, 0.5) is 0 Å². The maximum atomic E-state index is 12.1. The summed E-state index contributed by atoms with van der Waals surface area (Å²) in [5, 5.41) is 2.19. The van der Waals surface area contributed by atoms with E-state index in [2.05, 4.69) is 42.3 Å². The first kappa shape index (κ1) is 15.4. The van der Waals surface area contributed by atoms with E-state index < -0.39 is 0 Å². The number of hydrogen-bond donors (Lipinski definition) is 1. The molecule has 0 radical (unpaired) electrons. The lowest BCUT2D eigenvalue weighted by atomic mass is 9.47. The van der Waals surface area contributed by atoms with Gasteiger partial charge in [0, 0.05) is 11.0 Å². The van der Waals surface area contributed by atoms with Crippen LogP contribution in [0.2, 0.25) is 0 Å². The normalized spacial score (nSPS) is 39.3. The molecule has 2 unspecified atom stereocenters. The number of benzene rings is 1. The average molecular weight is 338 g/mol. The number of nitrogens with two attached hydrogens (primary N) is 1. The molecule has 2 N–H and O–H groups in total. The summed E-state index contributed by atoms with van der Waals surface area (Å²) in [6.45, 7) is 2.95. The summed E-state index contributed by atoms with van der Waals surface area (Å²) in [5.41, 5.74) is 7.99. The van der Waals surface area contributed by atoms with Gasteiger partial charge in [0.05, 0.1) is 12.6 Å². The second-order valence-corrected chi connectivity index (χ2v) is 8.73. The predicted octanol–water partition coefficient (Wildman–Crippen LogP) is 3.26. The standard InChI is InChI=1S/C21H26N2O2/c1-13-3-2-4-15(7-13)18-5-6-23(25-18)19-16-8-14-9-17(19)12-21(10-14,11-16)20(22)24/h2-5,7,14,16-17,19H,6,8-12H2,1H3,(H2,22,24).